The second kappa shape index (κ2) is 2.94. The van der Waals surface area contributed by atoms with Crippen molar-refractivity contribution >= 4 is 21.6 Å². The predicted octanol–water partition coefficient (Wildman–Crippen LogP) is 2.04. The molecule has 0 amide bonds. The van der Waals surface area contributed by atoms with Crippen molar-refractivity contribution in [2.45, 2.75) is 13.0 Å². The fraction of sp³-hybridized carbons (Fsp3) is 0.375. The molecule has 0 saturated heterocycles. The van der Waals surface area contributed by atoms with E-state index in [1.165, 1.54) is 0 Å². The van der Waals surface area contributed by atoms with Crippen molar-refractivity contribution in [3.63, 3.8) is 0 Å². The Morgan fingerprint density at radius 2 is 2.58 bits per heavy atom. The first-order chi connectivity index (χ1) is 5.75. The Balaban J connectivity index is 2.37. The Morgan fingerprint density at radius 1 is 1.75 bits per heavy atom. The minimum Gasteiger partial charge on any atom is -0.471 e. The summed E-state index contributed by atoms with van der Waals surface area (Å²) in [4.78, 5) is 4.14. The van der Waals surface area contributed by atoms with Crippen molar-refractivity contribution in [1.82, 2.24) is 4.98 Å². The molecule has 12 heavy (non-hydrogen) atoms. The maximum Gasteiger partial charge on any atom is 0.237 e. The van der Waals surface area contributed by atoms with E-state index < -0.39 is 0 Å². The van der Waals surface area contributed by atoms with Crippen molar-refractivity contribution in [2.75, 3.05) is 11.9 Å². The van der Waals surface area contributed by atoms with Crippen LogP contribution in [0.4, 0.5) is 5.69 Å². The Kier molecular flexibility index (Phi) is 1.92. The zero-order valence-electron chi connectivity index (χ0n) is 6.67. The highest BCUT2D eigenvalue weighted by molar-refractivity contribution is 9.10. The molecule has 2 rings (SSSR count). The Hall–Kier alpha value is -0.770. The molecule has 2 heterocycles. The largest absolute Gasteiger partial charge is 0.471 e. The molecule has 3 nitrogen and oxygen atoms in total. The summed E-state index contributed by atoms with van der Waals surface area (Å²) in [6, 6.07) is 1.97. The third-order valence-electron chi connectivity index (χ3n) is 1.71. The highest BCUT2D eigenvalue weighted by Crippen LogP contribution is 2.28. The summed E-state index contributed by atoms with van der Waals surface area (Å²) >= 11 is 3.35. The number of pyridine rings is 1. The molecule has 1 aliphatic heterocycles. The Morgan fingerprint density at radius 3 is 3.42 bits per heavy atom. The third kappa shape index (κ3) is 1.39. The zero-order chi connectivity index (χ0) is 8.55. The lowest BCUT2D eigenvalue weighted by Crippen LogP contribution is -2.28. The van der Waals surface area contributed by atoms with E-state index in [-0.39, 0.29) is 6.10 Å². The lowest BCUT2D eigenvalue weighted by Gasteiger charge is -2.23. The van der Waals surface area contributed by atoms with E-state index in [4.69, 9.17) is 4.74 Å². The van der Waals surface area contributed by atoms with E-state index >= 15 is 0 Å². The first-order valence-electron chi connectivity index (χ1n) is 3.82. The highest BCUT2D eigenvalue weighted by atomic mass is 79.9. The van der Waals surface area contributed by atoms with Crippen molar-refractivity contribution in [3.8, 4) is 5.88 Å². The van der Waals surface area contributed by atoms with Gasteiger partial charge in [-0.25, -0.2) is 4.98 Å². The lowest BCUT2D eigenvalue weighted by molar-refractivity contribution is 0.216. The molecule has 4 heteroatoms. The van der Waals surface area contributed by atoms with Crippen LogP contribution in [0.1, 0.15) is 6.92 Å². The predicted molar refractivity (Wildman–Crippen MR) is 50.5 cm³/mol. The van der Waals surface area contributed by atoms with Crippen LogP contribution in [-0.4, -0.2) is 17.6 Å². The van der Waals surface area contributed by atoms with Crippen molar-refractivity contribution in [1.29, 1.82) is 0 Å². The molecule has 0 aliphatic carbocycles. The van der Waals surface area contributed by atoms with Gasteiger partial charge >= 0.3 is 0 Å². The molecular weight excluding hydrogens is 220 g/mol. The van der Waals surface area contributed by atoms with Crippen LogP contribution < -0.4 is 10.1 Å². The summed E-state index contributed by atoms with van der Waals surface area (Å²) in [5.74, 6) is 0.692. The van der Waals surface area contributed by atoms with Gasteiger partial charge in [-0.2, -0.15) is 0 Å². The van der Waals surface area contributed by atoms with Crippen LogP contribution in [0.3, 0.4) is 0 Å². The molecule has 0 fully saturated rings. The Labute approximate surface area is 79.3 Å². The zero-order valence-corrected chi connectivity index (χ0v) is 8.26. The average Bonchev–Trinajstić information content (AvgIpc) is 2.05. The second-order valence-electron chi connectivity index (χ2n) is 2.82. The van der Waals surface area contributed by atoms with Gasteiger partial charge in [0.2, 0.25) is 5.88 Å². The number of halogens is 1. The molecule has 1 aliphatic rings. The van der Waals surface area contributed by atoms with Crippen LogP contribution in [0.15, 0.2) is 16.7 Å². The van der Waals surface area contributed by atoms with Gasteiger partial charge in [0.1, 0.15) is 6.10 Å². The smallest absolute Gasteiger partial charge is 0.237 e. The van der Waals surface area contributed by atoms with Gasteiger partial charge in [0.25, 0.3) is 0 Å². The first kappa shape index (κ1) is 7.86. The summed E-state index contributed by atoms with van der Waals surface area (Å²) in [6.07, 6.45) is 1.93. The van der Waals surface area contributed by atoms with E-state index in [0.29, 0.717) is 5.88 Å². The number of hydrogen-bond donors (Lipinski definition) is 1. The Bertz CT molecular complexity index is 303. The number of nitrogens with one attached hydrogen (secondary N) is 1. The van der Waals surface area contributed by atoms with Gasteiger partial charge in [0.15, 0.2) is 0 Å². The molecule has 0 unspecified atom stereocenters. The number of anilines is 1. The standard InChI is InChI=1S/C8H9BrN2O/c1-5-3-10-7-2-6(9)4-11-8(7)12-5/h2,4-5,10H,3H2,1H3/t5-/m1/s1. The molecule has 0 bridgehead atoms. The molecule has 0 saturated carbocycles. The van der Waals surface area contributed by atoms with Crippen molar-refractivity contribution in [2.24, 2.45) is 0 Å². The quantitative estimate of drug-likeness (QED) is 0.739. The molecule has 0 radical (unpaired) electrons. The maximum absolute atomic E-state index is 5.49. The third-order valence-corrected chi connectivity index (χ3v) is 2.14. The fourth-order valence-corrected chi connectivity index (χ4v) is 1.46. The van der Waals surface area contributed by atoms with Crippen molar-refractivity contribution < 1.29 is 4.74 Å². The molecule has 64 valence electrons. The molecule has 1 aromatic heterocycles. The van der Waals surface area contributed by atoms with Gasteiger partial charge in [-0.1, -0.05) is 0 Å². The van der Waals surface area contributed by atoms with Gasteiger partial charge in [-0.3, -0.25) is 0 Å². The first-order valence-corrected chi connectivity index (χ1v) is 4.61. The van der Waals surface area contributed by atoms with E-state index in [1.54, 1.807) is 6.20 Å². The minimum absolute atomic E-state index is 0.200. The van der Waals surface area contributed by atoms with Crippen LogP contribution in [-0.2, 0) is 0 Å². The second-order valence-corrected chi connectivity index (χ2v) is 3.73. The number of fused-ring (bicyclic) bond motifs is 1. The lowest BCUT2D eigenvalue weighted by atomic mass is 10.3. The SMILES string of the molecule is C[C@@H]1CNc2cc(Br)cnc2O1. The molecular formula is C8H9BrN2O. The summed E-state index contributed by atoms with van der Waals surface area (Å²) < 4.78 is 6.46. The fourth-order valence-electron chi connectivity index (χ4n) is 1.13. The summed E-state index contributed by atoms with van der Waals surface area (Å²) in [5.41, 5.74) is 0.961. The van der Waals surface area contributed by atoms with Crippen LogP contribution in [0.2, 0.25) is 0 Å². The minimum atomic E-state index is 0.200. The number of rotatable bonds is 0. The monoisotopic (exact) mass is 228 g/mol. The van der Waals surface area contributed by atoms with Gasteiger partial charge in [-0.15, -0.1) is 0 Å². The molecule has 1 N–H and O–H groups in total. The van der Waals surface area contributed by atoms with E-state index in [0.717, 1.165) is 16.7 Å². The number of ether oxygens (including phenoxy) is 1. The molecule has 1 atom stereocenters. The summed E-state index contributed by atoms with van der Waals surface area (Å²) in [7, 11) is 0. The van der Waals surface area contributed by atoms with Gasteiger partial charge in [0.05, 0.1) is 12.2 Å². The van der Waals surface area contributed by atoms with Crippen molar-refractivity contribution in [3.05, 3.63) is 16.7 Å². The number of hydrogen-bond acceptors (Lipinski definition) is 3. The van der Waals surface area contributed by atoms with Crippen LogP contribution in [0.5, 0.6) is 5.88 Å². The van der Waals surface area contributed by atoms with Gasteiger partial charge < -0.3 is 10.1 Å². The van der Waals surface area contributed by atoms with Gasteiger partial charge in [-0.05, 0) is 28.9 Å². The van der Waals surface area contributed by atoms with E-state index in [1.807, 2.05) is 13.0 Å². The molecule has 0 spiro atoms. The topological polar surface area (TPSA) is 34.2 Å². The average molecular weight is 229 g/mol. The molecule has 0 aromatic carbocycles. The van der Waals surface area contributed by atoms with Gasteiger partial charge in [0, 0.05) is 10.7 Å². The number of nitrogens with zero attached hydrogens (tertiary/aromatic N) is 1. The summed E-state index contributed by atoms with van der Waals surface area (Å²) in [6.45, 7) is 2.85. The maximum atomic E-state index is 5.49. The summed E-state index contributed by atoms with van der Waals surface area (Å²) in [5, 5.41) is 3.24. The van der Waals surface area contributed by atoms with Crippen LogP contribution in [0, 0.1) is 0 Å². The van der Waals surface area contributed by atoms with Crippen LogP contribution in [0.25, 0.3) is 0 Å². The van der Waals surface area contributed by atoms with E-state index in [9.17, 15) is 0 Å². The van der Waals surface area contributed by atoms with Crippen LogP contribution >= 0.6 is 15.9 Å². The normalized spacial score (nSPS) is 20.7. The van der Waals surface area contributed by atoms with E-state index in [2.05, 4.69) is 26.2 Å². The molecule has 1 aromatic rings. The highest BCUT2D eigenvalue weighted by Gasteiger charge is 2.15. The number of aromatic nitrogens is 1.